The molecule has 0 aromatic carbocycles. The standard InChI is InChI=1S/C11H18N2O/c1-7(2)10(12)11-8-5-3-4-6-9(8)13-14-11/h7,10H,3-6,12H2,1-2H3/t10-/m0/s1. The minimum absolute atomic E-state index is 0.00403. The molecular weight excluding hydrogens is 176 g/mol. The molecule has 78 valence electrons. The number of aromatic nitrogens is 1. The monoisotopic (exact) mass is 194 g/mol. The maximum atomic E-state index is 6.07. The quantitative estimate of drug-likeness (QED) is 0.785. The summed E-state index contributed by atoms with van der Waals surface area (Å²) in [5, 5.41) is 4.11. The Bertz CT molecular complexity index is 317. The van der Waals surface area contributed by atoms with Crippen LogP contribution in [0, 0.1) is 5.92 Å². The lowest BCUT2D eigenvalue weighted by atomic mass is 9.91. The molecule has 1 aliphatic rings. The Labute approximate surface area is 84.7 Å². The van der Waals surface area contributed by atoms with Crippen LogP contribution >= 0.6 is 0 Å². The van der Waals surface area contributed by atoms with E-state index >= 15 is 0 Å². The van der Waals surface area contributed by atoms with Crippen molar-refractivity contribution in [3.63, 3.8) is 0 Å². The Balaban J connectivity index is 2.30. The minimum Gasteiger partial charge on any atom is -0.359 e. The lowest BCUT2D eigenvalue weighted by Crippen LogP contribution is -2.18. The van der Waals surface area contributed by atoms with Crippen LogP contribution in [0.3, 0.4) is 0 Å². The van der Waals surface area contributed by atoms with Gasteiger partial charge in [0, 0.05) is 5.56 Å². The molecule has 3 nitrogen and oxygen atoms in total. The zero-order valence-corrected chi connectivity index (χ0v) is 8.92. The second-order valence-electron chi connectivity index (χ2n) is 4.45. The Morgan fingerprint density at radius 3 is 2.71 bits per heavy atom. The van der Waals surface area contributed by atoms with Gasteiger partial charge in [0.2, 0.25) is 0 Å². The van der Waals surface area contributed by atoms with Crippen LogP contribution in [0.25, 0.3) is 0 Å². The van der Waals surface area contributed by atoms with Gasteiger partial charge in [0.25, 0.3) is 0 Å². The first-order valence-electron chi connectivity index (χ1n) is 5.43. The van der Waals surface area contributed by atoms with E-state index < -0.39 is 0 Å². The average Bonchev–Trinajstić information content (AvgIpc) is 2.60. The summed E-state index contributed by atoms with van der Waals surface area (Å²) in [5.41, 5.74) is 8.50. The third kappa shape index (κ3) is 1.57. The molecule has 0 radical (unpaired) electrons. The third-order valence-electron chi connectivity index (χ3n) is 3.01. The first-order valence-corrected chi connectivity index (χ1v) is 5.43. The lowest BCUT2D eigenvalue weighted by Gasteiger charge is -2.15. The van der Waals surface area contributed by atoms with Gasteiger partial charge in [-0.05, 0) is 31.6 Å². The van der Waals surface area contributed by atoms with Crippen molar-refractivity contribution >= 4 is 0 Å². The van der Waals surface area contributed by atoms with Crippen LogP contribution < -0.4 is 5.73 Å². The van der Waals surface area contributed by atoms with Crippen molar-refractivity contribution in [2.75, 3.05) is 0 Å². The highest BCUT2D eigenvalue weighted by molar-refractivity contribution is 5.27. The topological polar surface area (TPSA) is 52.0 Å². The second-order valence-corrected chi connectivity index (χ2v) is 4.45. The van der Waals surface area contributed by atoms with Crippen molar-refractivity contribution < 1.29 is 4.52 Å². The molecule has 1 aromatic heterocycles. The number of nitrogens with two attached hydrogens (primary N) is 1. The third-order valence-corrected chi connectivity index (χ3v) is 3.01. The first-order chi connectivity index (χ1) is 6.70. The Morgan fingerprint density at radius 2 is 2.00 bits per heavy atom. The molecule has 0 bridgehead atoms. The SMILES string of the molecule is CC(C)[C@H](N)c1onc2c1CCCC2. The molecule has 0 saturated carbocycles. The lowest BCUT2D eigenvalue weighted by molar-refractivity contribution is 0.328. The zero-order valence-electron chi connectivity index (χ0n) is 8.92. The molecule has 2 rings (SSSR count). The number of nitrogens with zero attached hydrogens (tertiary/aromatic N) is 1. The van der Waals surface area contributed by atoms with E-state index in [2.05, 4.69) is 19.0 Å². The molecule has 2 N–H and O–H groups in total. The van der Waals surface area contributed by atoms with Gasteiger partial charge in [0.15, 0.2) is 5.76 Å². The minimum atomic E-state index is 0.00403. The molecule has 1 heterocycles. The number of hydrogen-bond acceptors (Lipinski definition) is 3. The molecule has 1 aromatic rings. The van der Waals surface area contributed by atoms with Crippen LogP contribution in [0.2, 0.25) is 0 Å². The van der Waals surface area contributed by atoms with E-state index in [1.807, 2.05) is 0 Å². The number of aryl methyl sites for hydroxylation is 1. The largest absolute Gasteiger partial charge is 0.359 e. The van der Waals surface area contributed by atoms with Crippen LogP contribution in [-0.2, 0) is 12.8 Å². The van der Waals surface area contributed by atoms with E-state index in [0.717, 1.165) is 24.3 Å². The molecule has 0 aliphatic heterocycles. The highest BCUT2D eigenvalue weighted by Gasteiger charge is 2.24. The van der Waals surface area contributed by atoms with Crippen LogP contribution in [0.5, 0.6) is 0 Å². The molecule has 0 unspecified atom stereocenters. The molecule has 3 heteroatoms. The fourth-order valence-corrected chi connectivity index (χ4v) is 1.98. The van der Waals surface area contributed by atoms with Crippen molar-refractivity contribution in [2.24, 2.45) is 11.7 Å². The molecule has 1 atom stereocenters. The van der Waals surface area contributed by atoms with Gasteiger partial charge in [-0.1, -0.05) is 19.0 Å². The van der Waals surface area contributed by atoms with Crippen LogP contribution in [0.4, 0.5) is 0 Å². The normalized spacial score (nSPS) is 18.3. The van der Waals surface area contributed by atoms with Gasteiger partial charge in [-0.3, -0.25) is 0 Å². The second kappa shape index (κ2) is 3.73. The maximum absolute atomic E-state index is 6.07. The maximum Gasteiger partial charge on any atom is 0.157 e. The van der Waals surface area contributed by atoms with Crippen molar-refractivity contribution in [1.29, 1.82) is 0 Å². The zero-order chi connectivity index (χ0) is 10.1. The average molecular weight is 194 g/mol. The van der Waals surface area contributed by atoms with Crippen molar-refractivity contribution in [3.8, 4) is 0 Å². The van der Waals surface area contributed by atoms with Crippen LogP contribution in [0.15, 0.2) is 4.52 Å². The number of hydrogen-bond donors (Lipinski definition) is 1. The molecule has 0 amide bonds. The van der Waals surface area contributed by atoms with Crippen molar-refractivity contribution in [1.82, 2.24) is 5.16 Å². The summed E-state index contributed by atoms with van der Waals surface area (Å²) in [7, 11) is 0. The summed E-state index contributed by atoms with van der Waals surface area (Å²) in [6.07, 6.45) is 4.63. The molecule has 0 saturated heterocycles. The molecule has 14 heavy (non-hydrogen) atoms. The van der Waals surface area contributed by atoms with Crippen molar-refractivity contribution in [3.05, 3.63) is 17.0 Å². The number of rotatable bonds is 2. The first kappa shape index (κ1) is 9.71. The molecule has 1 aliphatic carbocycles. The van der Waals surface area contributed by atoms with Gasteiger partial charge in [0.05, 0.1) is 11.7 Å². The van der Waals surface area contributed by atoms with E-state index in [9.17, 15) is 0 Å². The Hall–Kier alpha value is -0.830. The molecular formula is C11H18N2O. The highest BCUT2D eigenvalue weighted by atomic mass is 16.5. The summed E-state index contributed by atoms with van der Waals surface area (Å²) in [5.74, 6) is 1.34. The van der Waals surface area contributed by atoms with E-state index in [-0.39, 0.29) is 6.04 Å². The summed E-state index contributed by atoms with van der Waals surface area (Å²) in [6, 6.07) is 0.00403. The summed E-state index contributed by atoms with van der Waals surface area (Å²) >= 11 is 0. The smallest absolute Gasteiger partial charge is 0.157 e. The van der Waals surface area contributed by atoms with Crippen molar-refractivity contribution in [2.45, 2.75) is 45.6 Å². The fourth-order valence-electron chi connectivity index (χ4n) is 1.98. The predicted molar refractivity (Wildman–Crippen MR) is 54.9 cm³/mol. The number of fused-ring (bicyclic) bond motifs is 1. The van der Waals surface area contributed by atoms with Gasteiger partial charge >= 0.3 is 0 Å². The Kier molecular flexibility index (Phi) is 2.59. The Morgan fingerprint density at radius 1 is 1.29 bits per heavy atom. The summed E-state index contributed by atoms with van der Waals surface area (Å²) in [6.45, 7) is 4.23. The summed E-state index contributed by atoms with van der Waals surface area (Å²) in [4.78, 5) is 0. The molecule has 0 fully saturated rings. The van der Waals surface area contributed by atoms with E-state index in [4.69, 9.17) is 10.3 Å². The fraction of sp³-hybridized carbons (Fsp3) is 0.727. The van der Waals surface area contributed by atoms with Gasteiger partial charge in [0.1, 0.15) is 0 Å². The van der Waals surface area contributed by atoms with E-state index in [1.54, 1.807) is 0 Å². The molecule has 0 spiro atoms. The highest BCUT2D eigenvalue weighted by Crippen LogP contribution is 2.29. The van der Waals surface area contributed by atoms with E-state index in [1.165, 1.54) is 18.4 Å². The van der Waals surface area contributed by atoms with Crippen LogP contribution in [0.1, 0.15) is 49.7 Å². The van der Waals surface area contributed by atoms with Gasteiger partial charge in [-0.2, -0.15) is 0 Å². The van der Waals surface area contributed by atoms with Gasteiger partial charge in [-0.15, -0.1) is 0 Å². The van der Waals surface area contributed by atoms with Gasteiger partial charge in [-0.25, -0.2) is 0 Å². The van der Waals surface area contributed by atoms with Gasteiger partial charge < -0.3 is 10.3 Å². The van der Waals surface area contributed by atoms with Crippen LogP contribution in [-0.4, -0.2) is 5.16 Å². The predicted octanol–water partition coefficient (Wildman–Crippen LogP) is 2.21. The summed E-state index contributed by atoms with van der Waals surface area (Å²) < 4.78 is 5.37. The van der Waals surface area contributed by atoms with E-state index in [0.29, 0.717) is 5.92 Å².